The van der Waals surface area contributed by atoms with Crippen molar-refractivity contribution in [3.05, 3.63) is 12.7 Å². The Morgan fingerprint density at radius 2 is 1.91 bits per heavy atom. The molecule has 0 heterocycles. The Bertz CT molecular complexity index is 95.0. The summed E-state index contributed by atoms with van der Waals surface area (Å²) >= 11 is 0. The lowest BCUT2D eigenvalue weighted by atomic mass is 10.1. The van der Waals surface area contributed by atoms with Gasteiger partial charge in [-0.2, -0.15) is 0 Å². The minimum atomic E-state index is 0.759. The maximum absolute atomic E-state index is 3.72. The van der Waals surface area contributed by atoms with Gasteiger partial charge in [-0.05, 0) is 26.3 Å². The highest BCUT2D eigenvalue weighted by Gasteiger charge is 2.07. The van der Waals surface area contributed by atoms with E-state index in [1.54, 1.807) is 0 Å². The summed E-state index contributed by atoms with van der Waals surface area (Å²) in [6, 6.07) is 0.759. The van der Waals surface area contributed by atoms with Gasteiger partial charge in [-0.3, -0.25) is 0 Å². The molecule has 11 heavy (non-hydrogen) atoms. The van der Waals surface area contributed by atoms with Gasteiger partial charge < -0.3 is 4.90 Å². The van der Waals surface area contributed by atoms with Crippen LogP contribution in [0, 0.1) is 0 Å². The third kappa shape index (κ3) is 4.20. The average molecular weight is 155 g/mol. The van der Waals surface area contributed by atoms with Crippen LogP contribution >= 0.6 is 0 Å². The second-order valence-electron chi connectivity index (χ2n) is 3.03. The molecule has 0 aromatic heterocycles. The van der Waals surface area contributed by atoms with Gasteiger partial charge in [-0.1, -0.05) is 19.9 Å². The van der Waals surface area contributed by atoms with Gasteiger partial charge in [-0.15, -0.1) is 6.58 Å². The third-order valence-electron chi connectivity index (χ3n) is 2.25. The molecule has 0 fully saturated rings. The summed E-state index contributed by atoms with van der Waals surface area (Å²) < 4.78 is 0. The topological polar surface area (TPSA) is 3.24 Å². The highest BCUT2D eigenvalue weighted by Crippen LogP contribution is 2.05. The lowest BCUT2D eigenvalue weighted by Crippen LogP contribution is -2.31. The summed E-state index contributed by atoms with van der Waals surface area (Å²) in [5, 5.41) is 0. The molecule has 0 aliphatic carbocycles. The van der Waals surface area contributed by atoms with Gasteiger partial charge in [0.1, 0.15) is 0 Å². The van der Waals surface area contributed by atoms with Gasteiger partial charge in [-0.25, -0.2) is 0 Å². The van der Waals surface area contributed by atoms with E-state index in [4.69, 9.17) is 0 Å². The van der Waals surface area contributed by atoms with Crippen LogP contribution in [0.25, 0.3) is 0 Å². The summed E-state index contributed by atoms with van der Waals surface area (Å²) in [5.74, 6) is 0. The Labute approximate surface area is 71.1 Å². The van der Waals surface area contributed by atoms with Crippen LogP contribution in [0.3, 0.4) is 0 Å². The Morgan fingerprint density at radius 1 is 1.36 bits per heavy atom. The van der Waals surface area contributed by atoms with Crippen molar-refractivity contribution in [1.82, 2.24) is 4.90 Å². The fraction of sp³-hybridized carbons (Fsp3) is 0.800. The SMILES string of the molecule is C=CCCN(C)C(CC)CC. The van der Waals surface area contributed by atoms with Crippen molar-refractivity contribution in [3.63, 3.8) is 0 Å². The standard InChI is InChI=1S/C10H21N/c1-5-8-9-11(4)10(6-2)7-3/h5,10H,1,6-9H2,2-4H3. The molecule has 0 aromatic carbocycles. The highest BCUT2D eigenvalue weighted by atomic mass is 15.1. The molecule has 0 spiro atoms. The van der Waals surface area contributed by atoms with Crippen LogP contribution in [0.5, 0.6) is 0 Å². The third-order valence-corrected chi connectivity index (χ3v) is 2.25. The summed E-state index contributed by atoms with van der Waals surface area (Å²) in [4.78, 5) is 2.42. The van der Waals surface area contributed by atoms with Crippen LogP contribution in [0.15, 0.2) is 12.7 Å². The van der Waals surface area contributed by atoms with Gasteiger partial charge >= 0.3 is 0 Å². The first-order valence-corrected chi connectivity index (χ1v) is 4.57. The van der Waals surface area contributed by atoms with E-state index in [1.807, 2.05) is 6.08 Å². The molecule has 66 valence electrons. The smallest absolute Gasteiger partial charge is 0.00870 e. The summed E-state index contributed by atoms with van der Waals surface area (Å²) in [5.41, 5.74) is 0. The Hall–Kier alpha value is -0.300. The van der Waals surface area contributed by atoms with E-state index in [2.05, 4.69) is 32.4 Å². The Balaban J connectivity index is 3.59. The monoisotopic (exact) mass is 155 g/mol. The van der Waals surface area contributed by atoms with Gasteiger partial charge in [0.2, 0.25) is 0 Å². The lowest BCUT2D eigenvalue weighted by Gasteiger charge is -2.25. The molecule has 0 unspecified atom stereocenters. The molecule has 0 aliphatic rings. The predicted molar refractivity (Wildman–Crippen MR) is 51.8 cm³/mol. The van der Waals surface area contributed by atoms with E-state index < -0.39 is 0 Å². The molecule has 1 nitrogen and oxygen atoms in total. The maximum Gasteiger partial charge on any atom is 0.00870 e. The number of hydrogen-bond donors (Lipinski definition) is 0. The molecule has 0 aromatic rings. The molecule has 0 atom stereocenters. The van der Waals surface area contributed by atoms with Crippen LogP contribution in [-0.4, -0.2) is 24.5 Å². The van der Waals surface area contributed by atoms with Crippen molar-refractivity contribution in [2.24, 2.45) is 0 Å². The summed E-state index contributed by atoms with van der Waals surface area (Å²) in [7, 11) is 2.20. The zero-order chi connectivity index (χ0) is 8.69. The fourth-order valence-corrected chi connectivity index (χ4v) is 1.39. The van der Waals surface area contributed by atoms with Gasteiger partial charge in [0.25, 0.3) is 0 Å². The summed E-state index contributed by atoms with van der Waals surface area (Å²) in [6.45, 7) is 9.36. The van der Waals surface area contributed by atoms with Crippen molar-refractivity contribution in [2.45, 2.75) is 39.2 Å². The first-order valence-electron chi connectivity index (χ1n) is 4.57. The van der Waals surface area contributed by atoms with Crippen molar-refractivity contribution in [3.8, 4) is 0 Å². The molecular formula is C10H21N. The maximum atomic E-state index is 3.72. The van der Waals surface area contributed by atoms with Gasteiger partial charge in [0, 0.05) is 12.6 Å². The average Bonchev–Trinajstić information content (AvgIpc) is 2.03. The molecule has 1 heteroatoms. The van der Waals surface area contributed by atoms with E-state index in [9.17, 15) is 0 Å². The lowest BCUT2D eigenvalue weighted by molar-refractivity contribution is 0.234. The first kappa shape index (κ1) is 10.7. The van der Waals surface area contributed by atoms with Crippen LogP contribution in [0.2, 0.25) is 0 Å². The number of hydrogen-bond acceptors (Lipinski definition) is 1. The predicted octanol–water partition coefficient (Wildman–Crippen LogP) is 2.68. The van der Waals surface area contributed by atoms with Gasteiger partial charge in [0.05, 0.1) is 0 Å². The van der Waals surface area contributed by atoms with E-state index in [0.717, 1.165) is 19.0 Å². The summed E-state index contributed by atoms with van der Waals surface area (Å²) in [6.07, 6.45) is 5.60. The zero-order valence-corrected chi connectivity index (χ0v) is 8.14. The second kappa shape index (κ2) is 6.41. The Morgan fingerprint density at radius 3 is 2.27 bits per heavy atom. The molecule has 0 aliphatic heterocycles. The van der Waals surface area contributed by atoms with Crippen molar-refractivity contribution in [2.75, 3.05) is 13.6 Å². The number of rotatable bonds is 6. The Kier molecular flexibility index (Phi) is 6.24. The molecule has 0 radical (unpaired) electrons. The minimum Gasteiger partial charge on any atom is -0.303 e. The molecule has 0 saturated carbocycles. The molecule has 0 N–H and O–H groups in total. The van der Waals surface area contributed by atoms with Crippen molar-refractivity contribution in [1.29, 1.82) is 0 Å². The zero-order valence-electron chi connectivity index (χ0n) is 8.14. The van der Waals surface area contributed by atoms with E-state index >= 15 is 0 Å². The van der Waals surface area contributed by atoms with Crippen molar-refractivity contribution < 1.29 is 0 Å². The molecule has 0 amide bonds. The first-order chi connectivity index (χ1) is 5.26. The van der Waals surface area contributed by atoms with Crippen LogP contribution in [0.4, 0.5) is 0 Å². The molecule has 0 saturated heterocycles. The molecule has 0 bridgehead atoms. The van der Waals surface area contributed by atoms with Crippen LogP contribution < -0.4 is 0 Å². The largest absolute Gasteiger partial charge is 0.303 e. The van der Waals surface area contributed by atoms with Crippen LogP contribution in [-0.2, 0) is 0 Å². The van der Waals surface area contributed by atoms with E-state index in [-0.39, 0.29) is 0 Å². The quantitative estimate of drug-likeness (QED) is 0.533. The highest BCUT2D eigenvalue weighted by molar-refractivity contribution is 4.71. The molecule has 0 rings (SSSR count). The number of nitrogens with zero attached hydrogens (tertiary/aromatic N) is 1. The van der Waals surface area contributed by atoms with E-state index in [0.29, 0.717) is 0 Å². The fourth-order valence-electron chi connectivity index (χ4n) is 1.39. The second-order valence-corrected chi connectivity index (χ2v) is 3.03. The van der Waals surface area contributed by atoms with Crippen LogP contribution in [0.1, 0.15) is 33.1 Å². The van der Waals surface area contributed by atoms with Gasteiger partial charge in [0.15, 0.2) is 0 Å². The van der Waals surface area contributed by atoms with E-state index in [1.165, 1.54) is 12.8 Å². The molecular weight excluding hydrogens is 134 g/mol. The normalized spacial score (nSPS) is 11.0. The van der Waals surface area contributed by atoms with Crippen molar-refractivity contribution >= 4 is 0 Å². The minimum absolute atomic E-state index is 0.759.